The second-order valence-electron chi connectivity index (χ2n) is 3.61. The van der Waals surface area contributed by atoms with Crippen LogP contribution in [0.2, 0.25) is 0 Å². The Morgan fingerprint density at radius 1 is 1.40 bits per heavy atom. The van der Waals surface area contributed by atoms with Gasteiger partial charge in [0.1, 0.15) is 18.2 Å². The lowest BCUT2D eigenvalue weighted by Gasteiger charge is -2.04. The first-order valence-corrected chi connectivity index (χ1v) is 6.00. The molecular weight excluding hydrogens is 266 g/mol. The molecule has 0 heterocycles. The van der Waals surface area contributed by atoms with Gasteiger partial charge in [-0.15, -0.1) is 0 Å². The lowest BCUT2D eigenvalue weighted by Crippen LogP contribution is -2.28. The van der Waals surface area contributed by atoms with Gasteiger partial charge in [-0.25, -0.2) is 0 Å². The van der Waals surface area contributed by atoms with E-state index in [0.717, 1.165) is 6.20 Å². The van der Waals surface area contributed by atoms with E-state index >= 15 is 0 Å². The fourth-order valence-corrected chi connectivity index (χ4v) is 1.13. The smallest absolute Gasteiger partial charge is 0.325 e. The number of hydrogen-bond donors (Lipinski definition) is 3. The maximum Gasteiger partial charge on any atom is 0.325 e. The van der Waals surface area contributed by atoms with Gasteiger partial charge in [0.05, 0.1) is 6.61 Å². The average molecular weight is 283 g/mol. The van der Waals surface area contributed by atoms with Crippen LogP contribution in [0.25, 0.3) is 0 Å². The van der Waals surface area contributed by atoms with Crippen molar-refractivity contribution in [2.75, 3.05) is 19.7 Å². The Morgan fingerprint density at radius 3 is 2.65 bits per heavy atom. The molecule has 0 aliphatic carbocycles. The third-order valence-corrected chi connectivity index (χ3v) is 2.02. The quantitative estimate of drug-likeness (QED) is 0.226. The molecule has 0 radical (unpaired) electrons. The Balaban J connectivity index is 4.10. The zero-order valence-corrected chi connectivity index (χ0v) is 11.1. The van der Waals surface area contributed by atoms with E-state index < -0.39 is 17.8 Å². The summed E-state index contributed by atoms with van der Waals surface area (Å²) in [6.45, 7) is 1.92. The summed E-state index contributed by atoms with van der Waals surface area (Å²) in [5.41, 5.74) is -0.204. The van der Waals surface area contributed by atoms with E-state index in [2.05, 4.69) is 15.4 Å². The number of carbonyl (C=O) groups excluding carboxylic acids is 2. The summed E-state index contributed by atoms with van der Waals surface area (Å²) in [7, 11) is 0. The van der Waals surface area contributed by atoms with Crippen molar-refractivity contribution in [3.63, 3.8) is 0 Å². The maximum absolute atomic E-state index is 11.5. The monoisotopic (exact) mass is 283 g/mol. The van der Waals surface area contributed by atoms with Crippen LogP contribution in [0.3, 0.4) is 0 Å². The molecule has 0 saturated carbocycles. The third kappa shape index (κ3) is 8.52. The summed E-state index contributed by atoms with van der Waals surface area (Å²) >= 11 is 0. The van der Waals surface area contributed by atoms with Crippen LogP contribution >= 0.6 is 0 Å². The molecule has 0 aromatic rings. The van der Waals surface area contributed by atoms with Crippen molar-refractivity contribution in [1.29, 1.82) is 5.26 Å². The first-order valence-electron chi connectivity index (χ1n) is 6.00. The summed E-state index contributed by atoms with van der Waals surface area (Å²) in [5, 5.41) is 22.1. The van der Waals surface area contributed by atoms with Gasteiger partial charge in [-0.05, 0) is 13.3 Å². The van der Waals surface area contributed by atoms with Gasteiger partial charge in [0.25, 0.3) is 5.91 Å². The average Bonchev–Trinajstić information content (AvgIpc) is 2.39. The lowest BCUT2D eigenvalue weighted by molar-refractivity contribution is -0.142. The number of carboxylic acids is 1. The minimum atomic E-state index is -0.952. The van der Waals surface area contributed by atoms with Gasteiger partial charge < -0.3 is 20.5 Å². The molecule has 1 amide bonds. The predicted octanol–water partition coefficient (Wildman–Crippen LogP) is -0.472. The number of carboxylic acid groups (broad SMARTS) is 1. The van der Waals surface area contributed by atoms with Crippen molar-refractivity contribution >= 4 is 17.8 Å². The summed E-state index contributed by atoms with van der Waals surface area (Å²) in [6, 6.07) is 1.68. The van der Waals surface area contributed by atoms with Gasteiger partial charge in [0.15, 0.2) is 0 Å². The molecule has 0 aliphatic heterocycles. The molecule has 0 atom stereocenters. The molecular formula is C12H17N3O5. The van der Waals surface area contributed by atoms with Gasteiger partial charge in [0.2, 0.25) is 0 Å². The number of nitrogens with zero attached hydrogens (tertiary/aromatic N) is 1. The number of nitrogens with one attached hydrogen (secondary N) is 2. The first-order chi connectivity index (χ1) is 9.51. The highest BCUT2D eigenvalue weighted by Crippen LogP contribution is 1.92. The van der Waals surface area contributed by atoms with E-state index in [0.29, 0.717) is 0 Å². The number of esters is 1. The fraction of sp³-hybridized carbons (Fsp3) is 0.500. The summed E-state index contributed by atoms with van der Waals surface area (Å²) in [5.74, 6) is -2.08. The lowest BCUT2D eigenvalue weighted by atomic mass is 10.2. The molecule has 0 aliphatic rings. The number of amides is 1. The molecule has 0 unspecified atom stereocenters. The highest BCUT2D eigenvalue weighted by atomic mass is 16.5. The molecule has 0 spiro atoms. The van der Waals surface area contributed by atoms with Crippen molar-refractivity contribution < 1.29 is 24.2 Å². The number of hydrogen-bond acceptors (Lipinski definition) is 6. The molecule has 0 saturated heterocycles. The number of carbonyl (C=O) groups is 3. The van der Waals surface area contributed by atoms with Gasteiger partial charge in [-0.3, -0.25) is 14.4 Å². The Morgan fingerprint density at radius 2 is 2.10 bits per heavy atom. The Bertz CT molecular complexity index is 425. The van der Waals surface area contributed by atoms with Crippen LogP contribution in [0, 0.1) is 11.3 Å². The third-order valence-electron chi connectivity index (χ3n) is 2.02. The van der Waals surface area contributed by atoms with Crippen molar-refractivity contribution in [2.24, 2.45) is 0 Å². The van der Waals surface area contributed by atoms with Crippen molar-refractivity contribution in [3.05, 3.63) is 11.8 Å². The van der Waals surface area contributed by atoms with Crippen molar-refractivity contribution in [3.8, 4) is 6.07 Å². The number of aliphatic carboxylic acids is 1. The van der Waals surface area contributed by atoms with Crippen LogP contribution in [-0.4, -0.2) is 42.6 Å². The van der Waals surface area contributed by atoms with E-state index in [4.69, 9.17) is 10.4 Å². The topological polar surface area (TPSA) is 129 Å². The standard InChI is InChI=1S/C12H17N3O5/c1-2-20-11(18)8-14-7-9(6-13)12(19)15-5-3-4-10(16)17/h7,14H,2-5,8H2,1H3,(H,15,19)(H,16,17)/b9-7-. The maximum atomic E-state index is 11.5. The predicted molar refractivity (Wildman–Crippen MR) is 68.2 cm³/mol. The van der Waals surface area contributed by atoms with Crippen LogP contribution in [0.1, 0.15) is 19.8 Å². The van der Waals surface area contributed by atoms with Crippen molar-refractivity contribution in [2.45, 2.75) is 19.8 Å². The minimum Gasteiger partial charge on any atom is -0.481 e. The molecule has 0 bridgehead atoms. The van der Waals surface area contributed by atoms with Crippen LogP contribution in [-0.2, 0) is 19.1 Å². The Kier molecular flexibility index (Phi) is 9.04. The van der Waals surface area contributed by atoms with Gasteiger partial charge >= 0.3 is 11.9 Å². The molecule has 0 aromatic carbocycles. The molecule has 0 aromatic heterocycles. The van der Waals surface area contributed by atoms with Gasteiger partial charge in [-0.1, -0.05) is 0 Å². The van der Waals surface area contributed by atoms with Crippen molar-refractivity contribution in [1.82, 2.24) is 10.6 Å². The second-order valence-corrected chi connectivity index (χ2v) is 3.61. The normalized spacial score (nSPS) is 10.3. The number of rotatable bonds is 9. The fourth-order valence-electron chi connectivity index (χ4n) is 1.13. The molecule has 0 fully saturated rings. The van der Waals surface area contributed by atoms with E-state index in [-0.39, 0.29) is 38.1 Å². The highest BCUT2D eigenvalue weighted by molar-refractivity contribution is 5.97. The van der Waals surface area contributed by atoms with Gasteiger partial charge in [-0.2, -0.15) is 5.26 Å². The molecule has 3 N–H and O–H groups in total. The van der Waals surface area contributed by atoms with Crippen LogP contribution in [0.15, 0.2) is 11.8 Å². The van der Waals surface area contributed by atoms with Gasteiger partial charge in [0, 0.05) is 19.2 Å². The Labute approximate surface area is 116 Å². The summed E-state index contributed by atoms with van der Waals surface area (Å²) in [6.07, 6.45) is 1.33. The number of nitriles is 1. The zero-order valence-electron chi connectivity index (χ0n) is 11.1. The summed E-state index contributed by atoms with van der Waals surface area (Å²) in [4.78, 5) is 32.8. The van der Waals surface area contributed by atoms with Crippen LogP contribution < -0.4 is 10.6 Å². The highest BCUT2D eigenvalue weighted by Gasteiger charge is 2.08. The van der Waals surface area contributed by atoms with E-state index in [1.165, 1.54) is 0 Å². The molecule has 110 valence electrons. The number of ether oxygens (including phenoxy) is 1. The molecule has 8 nitrogen and oxygen atoms in total. The Hall–Kier alpha value is -2.56. The van der Waals surface area contributed by atoms with E-state index in [1.54, 1.807) is 13.0 Å². The zero-order chi connectivity index (χ0) is 15.4. The first kappa shape index (κ1) is 17.4. The van der Waals surface area contributed by atoms with Crippen LogP contribution in [0.5, 0.6) is 0 Å². The SMILES string of the molecule is CCOC(=O)CN/C=C(/C#N)C(=O)NCCCC(=O)O. The minimum absolute atomic E-state index is 0.0625. The van der Waals surface area contributed by atoms with E-state index in [1.807, 2.05) is 0 Å². The second kappa shape index (κ2) is 10.4. The van der Waals surface area contributed by atoms with Crippen LogP contribution in [0.4, 0.5) is 0 Å². The molecule has 0 rings (SSSR count). The van der Waals surface area contributed by atoms with E-state index in [9.17, 15) is 14.4 Å². The summed E-state index contributed by atoms with van der Waals surface area (Å²) < 4.78 is 4.65. The molecule has 20 heavy (non-hydrogen) atoms. The largest absolute Gasteiger partial charge is 0.481 e. The molecule has 8 heteroatoms.